The van der Waals surface area contributed by atoms with Gasteiger partial charge in [-0.3, -0.25) is 0 Å². The second kappa shape index (κ2) is 5.73. The van der Waals surface area contributed by atoms with Crippen LogP contribution < -0.4 is 5.32 Å². The lowest BCUT2D eigenvalue weighted by molar-refractivity contribution is -0.142. The lowest BCUT2D eigenvalue weighted by Crippen LogP contribution is -2.40. The van der Waals surface area contributed by atoms with Crippen LogP contribution in [0.5, 0.6) is 0 Å². The largest absolute Gasteiger partial charge is 0.479 e. The van der Waals surface area contributed by atoms with E-state index in [1.807, 2.05) is 0 Å². The number of nitrogens with one attached hydrogen (secondary N) is 1. The fourth-order valence-electron chi connectivity index (χ4n) is 1.90. The van der Waals surface area contributed by atoms with Crippen LogP contribution in [-0.2, 0) is 10.3 Å². The summed E-state index contributed by atoms with van der Waals surface area (Å²) in [5.74, 6) is -1.00. The Bertz CT molecular complexity index is 645. The average Bonchev–Trinajstić information content (AvgIpc) is 2.38. The molecule has 0 fully saturated rings. The first-order chi connectivity index (χ1) is 9.41. The van der Waals surface area contributed by atoms with Crippen molar-refractivity contribution < 1.29 is 9.90 Å². The van der Waals surface area contributed by atoms with Crippen LogP contribution in [0.3, 0.4) is 0 Å². The molecule has 20 heavy (non-hydrogen) atoms. The topological polar surface area (TPSA) is 49.3 Å². The molecule has 0 aliphatic rings. The maximum absolute atomic E-state index is 11.7. The Balaban J connectivity index is 2.42. The molecule has 5 heteroatoms. The first kappa shape index (κ1) is 14.7. The Hall–Kier alpha value is -1.71. The summed E-state index contributed by atoms with van der Waals surface area (Å²) in [7, 11) is 0. The van der Waals surface area contributed by atoms with Crippen LogP contribution in [0.2, 0.25) is 10.0 Å². The highest BCUT2D eigenvalue weighted by Crippen LogP contribution is 2.29. The molecule has 0 saturated heterocycles. The lowest BCUT2D eigenvalue weighted by Gasteiger charge is -2.28. The number of hydrogen-bond donors (Lipinski definition) is 2. The number of halogens is 2. The fourth-order valence-corrected chi connectivity index (χ4v) is 2.28. The van der Waals surface area contributed by atoms with Gasteiger partial charge >= 0.3 is 5.97 Å². The van der Waals surface area contributed by atoms with Gasteiger partial charge in [-0.25, -0.2) is 4.79 Å². The second-order valence-corrected chi connectivity index (χ2v) is 5.45. The molecule has 1 atom stereocenters. The maximum Gasteiger partial charge on any atom is 0.333 e. The molecule has 0 amide bonds. The first-order valence-corrected chi connectivity index (χ1v) is 6.70. The number of rotatable bonds is 4. The molecule has 0 aliphatic carbocycles. The van der Waals surface area contributed by atoms with Crippen LogP contribution in [0.15, 0.2) is 48.5 Å². The third-order valence-electron chi connectivity index (χ3n) is 3.05. The minimum Gasteiger partial charge on any atom is -0.479 e. The molecule has 2 rings (SSSR count). The van der Waals surface area contributed by atoms with Gasteiger partial charge in [-0.05, 0) is 42.8 Å². The zero-order chi connectivity index (χ0) is 14.8. The quantitative estimate of drug-likeness (QED) is 0.879. The summed E-state index contributed by atoms with van der Waals surface area (Å²) >= 11 is 11.9. The Labute approximate surface area is 127 Å². The van der Waals surface area contributed by atoms with Crippen molar-refractivity contribution in [2.75, 3.05) is 5.32 Å². The van der Waals surface area contributed by atoms with Crippen molar-refractivity contribution in [3.05, 3.63) is 64.1 Å². The van der Waals surface area contributed by atoms with Crippen molar-refractivity contribution in [2.45, 2.75) is 12.5 Å². The molecule has 0 heterocycles. The lowest BCUT2D eigenvalue weighted by atomic mass is 9.91. The van der Waals surface area contributed by atoms with Gasteiger partial charge in [0.15, 0.2) is 5.54 Å². The molecule has 2 N–H and O–H groups in total. The third kappa shape index (κ3) is 3.06. The highest BCUT2D eigenvalue weighted by atomic mass is 35.5. The molecule has 0 bridgehead atoms. The second-order valence-electron chi connectivity index (χ2n) is 4.58. The molecule has 3 nitrogen and oxygen atoms in total. The van der Waals surface area contributed by atoms with Gasteiger partial charge in [-0.2, -0.15) is 0 Å². The molecule has 0 aliphatic heterocycles. The Kier molecular flexibility index (Phi) is 4.21. The fraction of sp³-hybridized carbons (Fsp3) is 0.133. The van der Waals surface area contributed by atoms with E-state index in [4.69, 9.17) is 23.2 Å². The summed E-state index contributed by atoms with van der Waals surface area (Å²) in [6.45, 7) is 1.59. The van der Waals surface area contributed by atoms with Crippen LogP contribution in [-0.4, -0.2) is 11.1 Å². The number of anilines is 1. The molecule has 104 valence electrons. The van der Waals surface area contributed by atoms with E-state index in [0.29, 0.717) is 21.3 Å². The van der Waals surface area contributed by atoms with E-state index in [-0.39, 0.29) is 0 Å². The van der Waals surface area contributed by atoms with E-state index in [0.717, 1.165) is 0 Å². The van der Waals surface area contributed by atoms with E-state index in [1.54, 1.807) is 55.5 Å². The normalized spacial score (nSPS) is 13.6. The van der Waals surface area contributed by atoms with Crippen LogP contribution in [0.25, 0.3) is 0 Å². The van der Waals surface area contributed by atoms with E-state index in [9.17, 15) is 9.90 Å². The monoisotopic (exact) mass is 309 g/mol. The van der Waals surface area contributed by atoms with Gasteiger partial charge < -0.3 is 10.4 Å². The smallest absolute Gasteiger partial charge is 0.333 e. The number of benzene rings is 2. The van der Waals surface area contributed by atoms with Crippen LogP contribution in [0.1, 0.15) is 12.5 Å². The van der Waals surface area contributed by atoms with E-state index < -0.39 is 11.5 Å². The van der Waals surface area contributed by atoms with Crippen LogP contribution in [0, 0.1) is 0 Å². The average molecular weight is 310 g/mol. The summed E-state index contributed by atoms with van der Waals surface area (Å²) in [4.78, 5) is 11.7. The van der Waals surface area contributed by atoms with Crippen molar-refractivity contribution in [3.8, 4) is 0 Å². The molecule has 0 radical (unpaired) electrons. The van der Waals surface area contributed by atoms with E-state index in [2.05, 4.69) is 5.32 Å². The SMILES string of the molecule is CC(Nc1cccc(Cl)c1)(C(=O)O)c1cccc(Cl)c1. The van der Waals surface area contributed by atoms with Crippen LogP contribution in [0.4, 0.5) is 5.69 Å². The summed E-state index contributed by atoms with van der Waals surface area (Å²) in [6, 6.07) is 13.7. The molecule has 0 saturated carbocycles. The molecular weight excluding hydrogens is 297 g/mol. The highest BCUT2D eigenvalue weighted by molar-refractivity contribution is 6.31. The standard InChI is InChI=1S/C15H13Cl2NO2/c1-15(14(19)20,10-4-2-5-11(16)8-10)18-13-7-3-6-12(17)9-13/h2-9,18H,1H3,(H,19,20). The number of carboxylic acids is 1. The minimum atomic E-state index is -1.30. The third-order valence-corrected chi connectivity index (χ3v) is 3.52. The van der Waals surface area contributed by atoms with Gasteiger partial charge in [0.2, 0.25) is 0 Å². The van der Waals surface area contributed by atoms with Gasteiger partial charge in [0.25, 0.3) is 0 Å². The predicted molar refractivity (Wildman–Crippen MR) is 81.5 cm³/mol. The Morgan fingerprint density at radius 2 is 1.70 bits per heavy atom. The molecule has 2 aromatic rings. The predicted octanol–water partition coefficient (Wildman–Crippen LogP) is 4.41. The van der Waals surface area contributed by atoms with Crippen molar-refractivity contribution in [3.63, 3.8) is 0 Å². The summed E-state index contributed by atoms with van der Waals surface area (Å²) in [5, 5.41) is 13.6. The van der Waals surface area contributed by atoms with E-state index >= 15 is 0 Å². The first-order valence-electron chi connectivity index (χ1n) is 5.95. The van der Waals surface area contributed by atoms with Gasteiger partial charge in [0.1, 0.15) is 0 Å². The maximum atomic E-state index is 11.7. The van der Waals surface area contributed by atoms with Crippen molar-refractivity contribution in [1.29, 1.82) is 0 Å². The molecule has 1 unspecified atom stereocenters. The Morgan fingerprint density at radius 3 is 2.25 bits per heavy atom. The van der Waals surface area contributed by atoms with Gasteiger partial charge in [0, 0.05) is 15.7 Å². The molecule has 0 spiro atoms. The molecular formula is C15H13Cl2NO2. The van der Waals surface area contributed by atoms with Crippen molar-refractivity contribution in [2.24, 2.45) is 0 Å². The number of aliphatic carboxylic acids is 1. The van der Waals surface area contributed by atoms with Crippen molar-refractivity contribution >= 4 is 34.9 Å². The summed E-state index contributed by atoms with van der Waals surface area (Å²) in [5.41, 5.74) is -0.102. The zero-order valence-corrected chi connectivity index (χ0v) is 12.2. The van der Waals surface area contributed by atoms with Gasteiger partial charge in [-0.1, -0.05) is 41.4 Å². The number of hydrogen-bond acceptors (Lipinski definition) is 2. The van der Waals surface area contributed by atoms with Gasteiger partial charge in [-0.15, -0.1) is 0 Å². The van der Waals surface area contributed by atoms with E-state index in [1.165, 1.54) is 0 Å². The minimum absolute atomic E-state index is 0.489. The zero-order valence-electron chi connectivity index (χ0n) is 10.7. The van der Waals surface area contributed by atoms with Crippen LogP contribution >= 0.6 is 23.2 Å². The highest BCUT2D eigenvalue weighted by Gasteiger charge is 2.35. The molecule has 0 aromatic heterocycles. The Morgan fingerprint density at radius 1 is 1.10 bits per heavy atom. The number of carbonyl (C=O) groups is 1. The van der Waals surface area contributed by atoms with Gasteiger partial charge in [0.05, 0.1) is 0 Å². The molecule has 2 aromatic carbocycles. The number of carboxylic acid groups (broad SMARTS) is 1. The van der Waals surface area contributed by atoms with Crippen molar-refractivity contribution in [1.82, 2.24) is 0 Å². The summed E-state index contributed by atoms with van der Waals surface area (Å²) in [6.07, 6.45) is 0. The summed E-state index contributed by atoms with van der Waals surface area (Å²) < 4.78 is 0.